The van der Waals surface area contributed by atoms with E-state index in [4.69, 9.17) is 10.5 Å². The van der Waals surface area contributed by atoms with Gasteiger partial charge in [0.05, 0.1) is 12.6 Å². The number of hydrogen-bond donors (Lipinski definition) is 2. The summed E-state index contributed by atoms with van der Waals surface area (Å²) in [6.07, 6.45) is 1.74. The van der Waals surface area contributed by atoms with Gasteiger partial charge in [-0.2, -0.15) is 0 Å². The Bertz CT molecular complexity index is 708. The van der Waals surface area contributed by atoms with E-state index in [1.807, 2.05) is 36.4 Å². The predicted molar refractivity (Wildman–Crippen MR) is 112 cm³/mol. The molecule has 6 heteroatoms. The highest BCUT2D eigenvalue weighted by molar-refractivity contribution is 14.0. The number of halogens is 2. The summed E-state index contributed by atoms with van der Waals surface area (Å²) in [5, 5.41) is 3.31. The van der Waals surface area contributed by atoms with Gasteiger partial charge >= 0.3 is 0 Å². The quantitative estimate of drug-likeness (QED) is 0.377. The van der Waals surface area contributed by atoms with Gasteiger partial charge in [-0.05, 0) is 24.1 Å². The van der Waals surface area contributed by atoms with Gasteiger partial charge < -0.3 is 15.8 Å². The molecule has 0 saturated carbocycles. The van der Waals surface area contributed by atoms with Gasteiger partial charge in [0.15, 0.2) is 5.96 Å². The van der Waals surface area contributed by atoms with E-state index in [-0.39, 0.29) is 30.0 Å². The highest BCUT2D eigenvalue weighted by Crippen LogP contribution is 2.31. The molecule has 4 nitrogen and oxygen atoms in total. The number of ether oxygens (including phenoxy) is 1. The van der Waals surface area contributed by atoms with Crippen molar-refractivity contribution < 1.29 is 4.74 Å². The molecule has 1 aliphatic rings. The molecule has 0 amide bonds. The van der Waals surface area contributed by atoms with Crippen LogP contribution in [0.2, 0.25) is 0 Å². The third-order valence-corrected chi connectivity index (χ3v) is 4.68. The normalized spacial score (nSPS) is 16.5. The molecule has 0 spiro atoms. The largest absolute Gasteiger partial charge is 0.493 e. The number of fused-ring (bicyclic) bond motifs is 1. The number of para-hydroxylation sites is 1. The molecule has 3 rings (SSSR count). The Morgan fingerprint density at radius 2 is 1.96 bits per heavy atom. The van der Waals surface area contributed by atoms with E-state index in [1.54, 1.807) is 0 Å². The Labute approximate surface area is 168 Å². The SMILES string of the molecule is I.NC(=NCCc1ccccc1Br)NC1CCOc2ccccc21. The molecule has 24 heavy (non-hydrogen) atoms. The Morgan fingerprint density at radius 3 is 2.79 bits per heavy atom. The summed E-state index contributed by atoms with van der Waals surface area (Å²) in [6, 6.07) is 16.4. The van der Waals surface area contributed by atoms with Gasteiger partial charge in [0.25, 0.3) is 0 Å². The molecule has 1 heterocycles. The van der Waals surface area contributed by atoms with Crippen molar-refractivity contribution in [2.24, 2.45) is 10.7 Å². The van der Waals surface area contributed by atoms with Crippen LogP contribution in [0.15, 0.2) is 58.0 Å². The maximum Gasteiger partial charge on any atom is 0.189 e. The number of aliphatic imine (C=N–C) groups is 1. The van der Waals surface area contributed by atoms with Gasteiger partial charge in [0, 0.05) is 23.0 Å². The minimum absolute atomic E-state index is 0. The fourth-order valence-electron chi connectivity index (χ4n) is 2.71. The minimum Gasteiger partial charge on any atom is -0.493 e. The molecule has 0 aliphatic carbocycles. The van der Waals surface area contributed by atoms with Crippen molar-refractivity contribution in [2.45, 2.75) is 18.9 Å². The van der Waals surface area contributed by atoms with Gasteiger partial charge in [-0.15, -0.1) is 24.0 Å². The first-order chi connectivity index (χ1) is 11.2. The molecule has 2 aromatic rings. The van der Waals surface area contributed by atoms with Crippen molar-refractivity contribution in [1.29, 1.82) is 0 Å². The Kier molecular flexibility index (Phi) is 7.36. The first-order valence-electron chi connectivity index (χ1n) is 7.75. The average molecular weight is 502 g/mol. The minimum atomic E-state index is 0. The van der Waals surface area contributed by atoms with Gasteiger partial charge in [-0.3, -0.25) is 4.99 Å². The second-order valence-corrected chi connectivity index (χ2v) is 6.33. The summed E-state index contributed by atoms with van der Waals surface area (Å²) >= 11 is 3.55. The van der Waals surface area contributed by atoms with Crippen LogP contribution in [-0.2, 0) is 6.42 Å². The second-order valence-electron chi connectivity index (χ2n) is 5.48. The predicted octanol–water partition coefficient (Wildman–Crippen LogP) is 4.04. The molecule has 1 aliphatic heterocycles. The summed E-state index contributed by atoms with van der Waals surface area (Å²) in [7, 11) is 0. The zero-order valence-electron chi connectivity index (χ0n) is 13.2. The number of hydrogen-bond acceptors (Lipinski definition) is 2. The Morgan fingerprint density at radius 1 is 1.21 bits per heavy atom. The molecule has 0 radical (unpaired) electrons. The summed E-state index contributed by atoms with van der Waals surface area (Å²) in [5.41, 5.74) is 8.43. The van der Waals surface area contributed by atoms with Crippen LogP contribution in [0.25, 0.3) is 0 Å². The van der Waals surface area contributed by atoms with Crippen LogP contribution in [0.4, 0.5) is 0 Å². The van der Waals surface area contributed by atoms with E-state index in [2.05, 4.69) is 38.4 Å². The van der Waals surface area contributed by atoms with E-state index in [0.29, 0.717) is 19.1 Å². The summed E-state index contributed by atoms with van der Waals surface area (Å²) in [5.74, 6) is 1.41. The van der Waals surface area contributed by atoms with E-state index in [9.17, 15) is 0 Å². The molecule has 1 unspecified atom stereocenters. The van der Waals surface area contributed by atoms with E-state index < -0.39 is 0 Å². The molecule has 1 atom stereocenters. The molecule has 0 fully saturated rings. The zero-order chi connectivity index (χ0) is 16.1. The van der Waals surface area contributed by atoms with Crippen molar-refractivity contribution in [1.82, 2.24) is 5.32 Å². The van der Waals surface area contributed by atoms with E-state index in [1.165, 1.54) is 5.56 Å². The second kappa shape index (κ2) is 9.27. The highest BCUT2D eigenvalue weighted by Gasteiger charge is 2.21. The highest BCUT2D eigenvalue weighted by atomic mass is 127. The number of benzene rings is 2. The maximum absolute atomic E-state index is 6.05. The van der Waals surface area contributed by atoms with Crippen LogP contribution in [0, 0.1) is 0 Å². The summed E-state index contributed by atoms with van der Waals surface area (Å²) < 4.78 is 6.77. The van der Waals surface area contributed by atoms with Crippen molar-refractivity contribution >= 4 is 45.9 Å². The van der Waals surface area contributed by atoms with Crippen molar-refractivity contribution in [3.63, 3.8) is 0 Å². The van der Waals surface area contributed by atoms with Crippen LogP contribution >= 0.6 is 39.9 Å². The smallest absolute Gasteiger partial charge is 0.189 e. The number of nitrogens with one attached hydrogen (secondary N) is 1. The molecule has 0 aromatic heterocycles. The molecule has 128 valence electrons. The molecule has 0 saturated heterocycles. The van der Waals surface area contributed by atoms with Crippen molar-refractivity contribution in [3.8, 4) is 5.75 Å². The molecule has 0 bridgehead atoms. The monoisotopic (exact) mass is 501 g/mol. The third-order valence-electron chi connectivity index (χ3n) is 3.90. The van der Waals surface area contributed by atoms with Crippen LogP contribution in [0.1, 0.15) is 23.6 Å². The lowest BCUT2D eigenvalue weighted by molar-refractivity contribution is 0.262. The lowest BCUT2D eigenvalue weighted by Gasteiger charge is -2.26. The van der Waals surface area contributed by atoms with Crippen LogP contribution in [-0.4, -0.2) is 19.1 Å². The lowest BCUT2D eigenvalue weighted by Crippen LogP contribution is -2.37. The number of guanidine groups is 1. The fraction of sp³-hybridized carbons (Fsp3) is 0.278. The van der Waals surface area contributed by atoms with Gasteiger partial charge in [-0.1, -0.05) is 52.3 Å². The molecular formula is C18H21BrIN3O. The molecular weight excluding hydrogens is 481 g/mol. The maximum atomic E-state index is 6.05. The third kappa shape index (κ3) is 4.86. The standard InChI is InChI=1S/C18H20BrN3O.HI/c19-15-7-3-1-5-13(15)9-11-21-18(20)22-16-10-12-23-17-8-4-2-6-14(16)17;/h1-8,16H,9-12H2,(H3,20,21,22);1H. The van der Waals surface area contributed by atoms with E-state index in [0.717, 1.165) is 28.6 Å². The first kappa shape index (κ1) is 19.1. The number of nitrogens with zero attached hydrogens (tertiary/aromatic N) is 1. The van der Waals surface area contributed by atoms with Crippen molar-refractivity contribution in [3.05, 3.63) is 64.1 Å². The Hall–Kier alpha value is -1.28. The first-order valence-corrected chi connectivity index (χ1v) is 8.55. The lowest BCUT2D eigenvalue weighted by atomic mass is 10.0. The van der Waals surface area contributed by atoms with Crippen LogP contribution < -0.4 is 15.8 Å². The summed E-state index contributed by atoms with van der Waals surface area (Å²) in [6.45, 7) is 1.35. The molecule has 2 aromatic carbocycles. The van der Waals surface area contributed by atoms with Gasteiger partial charge in [0.1, 0.15) is 5.75 Å². The molecule has 3 N–H and O–H groups in total. The van der Waals surface area contributed by atoms with E-state index >= 15 is 0 Å². The van der Waals surface area contributed by atoms with Crippen molar-refractivity contribution in [2.75, 3.05) is 13.2 Å². The number of nitrogens with two attached hydrogens (primary N) is 1. The average Bonchev–Trinajstić information content (AvgIpc) is 2.57. The van der Waals surface area contributed by atoms with Crippen LogP contribution in [0.5, 0.6) is 5.75 Å². The van der Waals surface area contributed by atoms with Gasteiger partial charge in [0.2, 0.25) is 0 Å². The summed E-state index contributed by atoms with van der Waals surface area (Å²) in [4.78, 5) is 4.45. The zero-order valence-corrected chi connectivity index (χ0v) is 17.2. The topological polar surface area (TPSA) is 59.6 Å². The Balaban J connectivity index is 0.00000208. The van der Waals surface area contributed by atoms with Crippen LogP contribution in [0.3, 0.4) is 0 Å². The number of rotatable bonds is 4. The van der Waals surface area contributed by atoms with Gasteiger partial charge in [-0.25, -0.2) is 0 Å². The fourth-order valence-corrected chi connectivity index (χ4v) is 3.20.